The summed E-state index contributed by atoms with van der Waals surface area (Å²) < 4.78 is 19.0. The summed E-state index contributed by atoms with van der Waals surface area (Å²) in [6.07, 6.45) is 0.761. The van der Waals surface area contributed by atoms with Gasteiger partial charge >= 0.3 is 5.97 Å². The van der Waals surface area contributed by atoms with Gasteiger partial charge in [-0.3, -0.25) is 14.4 Å². The first-order valence-corrected chi connectivity index (χ1v) is 9.12. The van der Waals surface area contributed by atoms with Crippen molar-refractivity contribution in [1.29, 1.82) is 0 Å². The van der Waals surface area contributed by atoms with Crippen LogP contribution in [0.5, 0.6) is 0 Å². The minimum atomic E-state index is -1.07. The van der Waals surface area contributed by atoms with Crippen LogP contribution < -0.4 is 5.32 Å². The number of amides is 2. The third-order valence-electron chi connectivity index (χ3n) is 4.51. The van der Waals surface area contributed by atoms with Crippen molar-refractivity contribution in [3.63, 3.8) is 0 Å². The molecular formula is C21H21FN2O4. The summed E-state index contributed by atoms with van der Waals surface area (Å²) in [6.45, 7) is 0.789. The van der Waals surface area contributed by atoms with E-state index in [0.717, 1.165) is 18.9 Å². The molecule has 0 saturated carbocycles. The number of nitrogens with one attached hydrogen (secondary N) is 1. The monoisotopic (exact) mass is 384 g/mol. The highest BCUT2D eigenvalue weighted by atomic mass is 19.1. The van der Waals surface area contributed by atoms with Gasteiger partial charge in [0.05, 0.1) is 5.56 Å². The van der Waals surface area contributed by atoms with Crippen LogP contribution in [0, 0.1) is 5.82 Å². The fourth-order valence-electron chi connectivity index (χ4n) is 3.06. The van der Waals surface area contributed by atoms with Gasteiger partial charge in [0.15, 0.2) is 0 Å². The number of carbonyl (C=O) groups excluding carboxylic acids is 3. The van der Waals surface area contributed by atoms with Gasteiger partial charge in [-0.15, -0.1) is 0 Å². The van der Waals surface area contributed by atoms with Crippen LogP contribution >= 0.6 is 0 Å². The second-order valence-corrected chi connectivity index (χ2v) is 6.48. The minimum absolute atomic E-state index is 0.164. The molecular weight excluding hydrogens is 363 g/mol. The summed E-state index contributed by atoms with van der Waals surface area (Å²) in [5, 5.41) is 2.33. The Labute approximate surface area is 162 Å². The number of ether oxygens (including phenoxy) is 1. The molecule has 1 N–H and O–H groups in total. The molecule has 1 atom stereocenters. The van der Waals surface area contributed by atoms with E-state index in [1.807, 2.05) is 0 Å². The standard InChI is InChI=1S/C21H21FN2O4/c22-17-11-5-4-10-16(17)20(26)23-14-18(25)28-19(15-8-2-1-3-9-15)21(27)24-12-6-7-13-24/h1-5,8-11,19H,6-7,12-14H2,(H,23,26)/t19-/m1/s1. The highest BCUT2D eigenvalue weighted by molar-refractivity contribution is 5.96. The lowest BCUT2D eigenvalue weighted by atomic mass is 10.1. The van der Waals surface area contributed by atoms with Crippen LogP contribution in [0.2, 0.25) is 0 Å². The van der Waals surface area contributed by atoms with E-state index in [2.05, 4.69) is 5.32 Å². The number of nitrogens with zero attached hydrogens (tertiary/aromatic N) is 1. The first kappa shape index (κ1) is 19.5. The van der Waals surface area contributed by atoms with Crippen molar-refractivity contribution < 1.29 is 23.5 Å². The molecule has 2 aromatic rings. The van der Waals surface area contributed by atoms with Crippen molar-refractivity contribution in [3.05, 3.63) is 71.5 Å². The van der Waals surface area contributed by atoms with E-state index in [9.17, 15) is 18.8 Å². The number of hydrogen-bond acceptors (Lipinski definition) is 4. The smallest absolute Gasteiger partial charge is 0.326 e. The third kappa shape index (κ3) is 4.73. The van der Waals surface area contributed by atoms with E-state index in [1.165, 1.54) is 18.2 Å². The highest BCUT2D eigenvalue weighted by Crippen LogP contribution is 2.22. The maximum Gasteiger partial charge on any atom is 0.326 e. The van der Waals surface area contributed by atoms with Crippen LogP contribution in [-0.4, -0.2) is 42.3 Å². The summed E-state index contributed by atoms with van der Waals surface area (Å²) >= 11 is 0. The topological polar surface area (TPSA) is 75.7 Å². The Kier molecular flexibility index (Phi) is 6.37. The summed E-state index contributed by atoms with van der Waals surface area (Å²) in [5.41, 5.74) is 0.399. The van der Waals surface area contributed by atoms with E-state index in [0.29, 0.717) is 18.7 Å². The molecule has 1 aliphatic rings. The van der Waals surface area contributed by atoms with E-state index in [4.69, 9.17) is 4.74 Å². The Morgan fingerprint density at radius 3 is 2.32 bits per heavy atom. The molecule has 0 unspecified atom stereocenters. The Bertz CT molecular complexity index is 850. The zero-order chi connectivity index (χ0) is 19.9. The van der Waals surface area contributed by atoms with Gasteiger partial charge in [-0.25, -0.2) is 4.39 Å². The molecule has 0 aromatic heterocycles. The molecule has 6 nitrogen and oxygen atoms in total. The largest absolute Gasteiger partial charge is 0.446 e. The Morgan fingerprint density at radius 1 is 1.00 bits per heavy atom. The number of hydrogen-bond donors (Lipinski definition) is 1. The average Bonchev–Trinajstić information content (AvgIpc) is 3.25. The van der Waals surface area contributed by atoms with Gasteiger partial charge in [0.25, 0.3) is 11.8 Å². The van der Waals surface area contributed by atoms with Crippen molar-refractivity contribution in [2.75, 3.05) is 19.6 Å². The molecule has 0 spiro atoms. The van der Waals surface area contributed by atoms with Crippen molar-refractivity contribution >= 4 is 17.8 Å². The van der Waals surface area contributed by atoms with Crippen molar-refractivity contribution in [1.82, 2.24) is 10.2 Å². The Balaban J connectivity index is 1.65. The van der Waals surface area contributed by atoms with E-state index in [-0.39, 0.29) is 11.5 Å². The number of halogens is 1. The lowest BCUT2D eigenvalue weighted by Gasteiger charge is -2.23. The van der Waals surface area contributed by atoms with Crippen LogP contribution in [0.1, 0.15) is 34.9 Å². The number of rotatable bonds is 6. The molecule has 1 aliphatic heterocycles. The molecule has 2 aromatic carbocycles. The summed E-state index contributed by atoms with van der Waals surface area (Å²) in [6, 6.07) is 14.2. The summed E-state index contributed by atoms with van der Waals surface area (Å²) in [7, 11) is 0. The highest BCUT2D eigenvalue weighted by Gasteiger charge is 2.31. The van der Waals surface area contributed by atoms with E-state index >= 15 is 0 Å². The molecule has 2 amide bonds. The predicted molar refractivity (Wildman–Crippen MR) is 99.8 cm³/mol. The fourth-order valence-corrected chi connectivity index (χ4v) is 3.06. The van der Waals surface area contributed by atoms with Crippen LogP contribution in [0.25, 0.3) is 0 Å². The number of esters is 1. The zero-order valence-electron chi connectivity index (χ0n) is 15.3. The quantitative estimate of drug-likeness (QED) is 0.777. The van der Waals surface area contributed by atoms with Crippen LogP contribution in [0.3, 0.4) is 0 Å². The molecule has 3 rings (SSSR count). The number of benzene rings is 2. The lowest BCUT2D eigenvalue weighted by molar-refractivity contribution is -0.159. The van der Waals surface area contributed by atoms with Gasteiger partial charge < -0.3 is 15.0 Å². The molecule has 0 bridgehead atoms. The van der Waals surface area contributed by atoms with Crippen molar-refractivity contribution in [3.8, 4) is 0 Å². The molecule has 1 heterocycles. The summed E-state index contributed by atoms with van der Waals surface area (Å²) in [5.74, 6) is -2.46. The Morgan fingerprint density at radius 2 is 1.64 bits per heavy atom. The van der Waals surface area contributed by atoms with E-state index in [1.54, 1.807) is 35.2 Å². The zero-order valence-corrected chi connectivity index (χ0v) is 15.3. The molecule has 1 saturated heterocycles. The normalized spacial score (nSPS) is 14.4. The lowest BCUT2D eigenvalue weighted by Crippen LogP contribution is -2.37. The maximum absolute atomic E-state index is 13.6. The van der Waals surface area contributed by atoms with Gasteiger partial charge in [0.1, 0.15) is 12.4 Å². The van der Waals surface area contributed by atoms with Crippen LogP contribution in [0.4, 0.5) is 4.39 Å². The van der Waals surface area contributed by atoms with Gasteiger partial charge in [-0.05, 0) is 25.0 Å². The second kappa shape index (κ2) is 9.12. The van der Waals surface area contributed by atoms with Gasteiger partial charge in [-0.1, -0.05) is 42.5 Å². The molecule has 0 radical (unpaired) electrons. The maximum atomic E-state index is 13.6. The van der Waals surface area contributed by atoms with Crippen LogP contribution in [-0.2, 0) is 14.3 Å². The molecule has 7 heteroatoms. The second-order valence-electron chi connectivity index (χ2n) is 6.48. The molecule has 0 aliphatic carbocycles. The van der Waals surface area contributed by atoms with Crippen molar-refractivity contribution in [2.24, 2.45) is 0 Å². The van der Waals surface area contributed by atoms with Crippen molar-refractivity contribution in [2.45, 2.75) is 18.9 Å². The van der Waals surface area contributed by atoms with E-state index < -0.39 is 30.3 Å². The minimum Gasteiger partial charge on any atom is -0.446 e. The average molecular weight is 384 g/mol. The molecule has 146 valence electrons. The Hall–Kier alpha value is -3.22. The van der Waals surface area contributed by atoms with Gasteiger partial charge in [0.2, 0.25) is 6.10 Å². The first-order valence-electron chi connectivity index (χ1n) is 9.12. The number of likely N-dealkylation sites (tertiary alicyclic amines) is 1. The molecule has 1 fully saturated rings. The van der Waals surface area contributed by atoms with Crippen LogP contribution in [0.15, 0.2) is 54.6 Å². The predicted octanol–water partition coefficient (Wildman–Crippen LogP) is 2.46. The molecule has 28 heavy (non-hydrogen) atoms. The SMILES string of the molecule is O=C(CNC(=O)c1ccccc1F)O[C@@H](C(=O)N1CCCC1)c1ccccc1. The number of carbonyl (C=O) groups is 3. The third-order valence-corrected chi connectivity index (χ3v) is 4.51. The van der Waals surface area contributed by atoms with Gasteiger partial charge in [-0.2, -0.15) is 0 Å². The fraction of sp³-hybridized carbons (Fsp3) is 0.286. The summed E-state index contributed by atoms with van der Waals surface area (Å²) in [4.78, 5) is 38.8. The van der Waals surface area contributed by atoms with Gasteiger partial charge in [0, 0.05) is 18.7 Å². The first-order chi connectivity index (χ1) is 13.6.